The van der Waals surface area contributed by atoms with Crippen molar-refractivity contribution in [3.05, 3.63) is 42.1 Å². The lowest BCUT2D eigenvalue weighted by Crippen LogP contribution is -2.19. The first-order valence-electron chi connectivity index (χ1n) is 7.02. The molecule has 0 radical (unpaired) electrons. The molecule has 19 heavy (non-hydrogen) atoms. The molecular weight excluding hydrogens is 232 g/mol. The molecule has 1 aromatic heterocycles. The van der Waals surface area contributed by atoms with E-state index in [1.807, 2.05) is 19.3 Å². The predicted octanol–water partition coefficient (Wildman–Crippen LogP) is 4.32. The fraction of sp³-hybridized carbons (Fsp3) is 0.471. The fourth-order valence-electron chi connectivity index (χ4n) is 2.45. The summed E-state index contributed by atoms with van der Waals surface area (Å²) < 4.78 is 0. The van der Waals surface area contributed by atoms with E-state index in [0.717, 1.165) is 11.9 Å². The molecule has 0 saturated carbocycles. The van der Waals surface area contributed by atoms with Crippen LogP contribution in [0.3, 0.4) is 0 Å². The summed E-state index contributed by atoms with van der Waals surface area (Å²) in [6.45, 7) is 6.89. The van der Waals surface area contributed by atoms with E-state index in [4.69, 9.17) is 0 Å². The Morgan fingerprint density at radius 3 is 2.58 bits per heavy atom. The Kier molecular flexibility index (Phi) is 4.20. The summed E-state index contributed by atoms with van der Waals surface area (Å²) in [5.74, 6) is 0. The van der Waals surface area contributed by atoms with Gasteiger partial charge in [-0.2, -0.15) is 0 Å². The Morgan fingerprint density at radius 2 is 1.89 bits per heavy atom. The van der Waals surface area contributed by atoms with Crippen molar-refractivity contribution in [2.24, 2.45) is 5.41 Å². The lowest BCUT2D eigenvalue weighted by atomic mass is 9.86. The van der Waals surface area contributed by atoms with Gasteiger partial charge in [0.2, 0.25) is 0 Å². The molecule has 1 N–H and O–H groups in total. The van der Waals surface area contributed by atoms with Gasteiger partial charge in [-0.15, -0.1) is 0 Å². The highest BCUT2D eigenvalue weighted by molar-refractivity contribution is 5.82. The maximum absolute atomic E-state index is 4.44. The van der Waals surface area contributed by atoms with Crippen molar-refractivity contribution in [1.29, 1.82) is 0 Å². The predicted molar refractivity (Wildman–Crippen MR) is 82.2 cm³/mol. The van der Waals surface area contributed by atoms with Crippen LogP contribution >= 0.6 is 0 Å². The molecule has 2 rings (SSSR count). The number of benzene rings is 1. The monoisotopic (exact) mass is 256 g/mol. The second kappa shape index (κ2) is 5.70. The van der Waals surface area contributed by atoms with Gasteiger partial charge >= 0.3 is 0 Å². The van der Waals surface area contributed by atoms with Gasteiger partial charge in [-0.25, -0.2) is 0 Å². The third-order valence-electron chi connectivity index (χ3n) is 3.59. The van der Waals surface area contributed by atoms with Crippen LogP contribution in [0.25, 0.3) is 10.9 Å². The third-order valence-corrected chi connectivity index (χ3v) is 3.59. The molecule has 1 aromatic carbocycles. The molecule has 2 heteroatoms. The SMILES string of the molecule is CNC(CCC(C)(C)C)c1ccnc2ccccc12. The molecule has 0 spiro atoms. The molecule has 102 valence electrons. The zero-order valence-electron chi connectivity index (χ0n) is 12.4. The zero-order valence-corrected chi connectivity index (χ0v) is 12.4. The summed E-state index contributed by atoms with van der Waals surface area (Å²) in [7, 11) is 2.04. The van der Waals surface area contributed by atoms with Crippen LogP contribution in [-0.4, -0.2) is 12.0 Å². The van der Waals surface area contributed by atoms with Crippen LogP contribution in [0.2, 0.25) is 0 Å². The molecule has 1 heterocycles. The molecule has 0 aliphatic heterocycles. The molecule has 0 fully saturated rings. The molecule has 0 aliphatic carbocycles. The maximum atomic E-state index is 4.44. The minimum atomic E-state index is 0.373. The Hall–Kier alpha value is -1.41. The van der Waals surface area contributed by atoms with Crippen LogP contribution in [0.15, 0.2) is 36.5 Å². The average molecular weight is 256 g/mol. The van der Waals surface area contributed by atoms with E-state index >= 15 is 0 Å². The second-order valence-electron chi connectivity index (χ2n) is 6.36. The molecule has 1 unspecified atom stereocenters. The number of hydrogen-bond donors (Lipinski definition) is 1. The van der Waals surface area contributed by atoms with Gasteiger partial charge in [0.15, 0.2) is 0 Å². The van der Waals surface area contributed by atoms with Gasteiger partial charge in [-0.3, -0.25) is 4.98 Å². The number of pyridine rings is 1. The lowest BCUT2D eigenvalue weighted by molar-refractivity contribution is 0.338. The second-order valence-corrected chi connectivity index (χ2v) is 6.36. The zero-order chi connectivity index (χ0) is 13.9. The maximum Gasteiger partial charge on any atom is 0.0705 e. The van der Waals surface area contributed by atoms with Crippen molar-refractivity contribution in [1.82, 2.24) is 10.3 Å². The minimum Gasteiger partial charge on any atom is -0.313 e. The van der Waals surface area contributed by atoms with Gasteiger partial charge in [0.05, 0.1) is 5.52 Å². The van der Waals surface area contributed by atoms with Crippen molar-refractivity contribution >= 4 is 10.9 Å². The normalized spacial score (nSPS) is 13.7. The highest BCUT2D eigenvalue weighted by atomic mass is 14.9. The van der Waals surface area contributed by atoms with E-state index in [0.29, 0.717) is 11.5 Å². The molecular formula is C17H24N2. The summed E-state index contributed by atoms with van der Waals surface area (Å²) in [4.78, 5) is 4.44. The molecule has 0 bridgehead atoms. The number of aromatic nitrogens is 1. The summed E-state index contributed by atoms with van der Waals surface area (Å²) in [6, 6.07) is 10.9. The minimum absolute atomic E-state index is 0.373. The lowest BCUT2D eigenvalue weighted by Gasteiger charge is -2.24. The van der Waals surface area contributed by atoms with Crippen LogP contribution in [0.1, 0.15) is 45.2 Å². The van der Waals surface area contributed by atoms with Crippen LogP contribution in [0, 0.1) is 5.41 Å². The van der Waals surface area contributed by atoms with Gasteiger partial charge in [-0.1, -0.05) is 39.0 Å². The van der Waals surface area contributed by atoms with Crippen molar-refractivity contribution in [2.45, 2.75) is 39.7 Å². The number of nitrogens with zero attached hydrogens (tertiary/aromatic N) is 1. The Morgan fingerprint density at radius 1 is 1.16 bits per heavy atom. The molecule has 0 aliphatic rings. The summed E-state index contributed by atoms with van der Waals surface area (Å²) >= 11 is 0. The molecule has 0 amide bonds. The van der Waals surface area contributed by atoms with E-state index in [2.05, 4.69) is 55.3 Å². The van der Waals surface area contributed by atoms with Crippen LogP contribution < -0.4 is 5.32 Å². The number of fused-ring (bicyclic) bond motifs is 1. The van der Waals surface area contributed by atoms with Crippen molar-refractivity contribution in [3.63, 3.8) is 0 Å². The number of para-hydroxylation sites is 1. The topological polar surface area (TPSA) is 24.9 Å². The van der Waals surface area contributed by atoms with Crippen LogP contribution in [0.5, 0.6) is 0 Å². The van der Waals surface area contributed by atoms with Crippen molar-refractivity contribution < 1.29 is 0 Å². The average Bonchev–Trinajstić information content (AvgIpc) is 2.38. The molecule has 1 atom stereocenters. The van der Waals surface area contributed by atoms with Crippen LogP contribution in [0.4, 0.5) is 0 Å². The van der Waals surface area contributed by atoms with E-state index in [1.54, 1.807) is 0 Å². The fourth-order valence-corrected chi connectivity index (χ4v) is 2.45. The molecule has 2 nitrogen and oxygen atoms in total. The highest BCUT2D eigenvalue weighted by Gasteiger charge is 2.17. The Balaban J connectivity index is 2.30. The summed E-state index contributed by atoms with van der Waals surface area (Å²) in [5.41, 5.74) is 2.81. The van der Waals surface area contributed by atoms with Crippen molar-refractivity contribution in [2.75, 3.05) is 7.05 Å². The number of nitrogens with one attached hydrogen (secondary N) is 1. The number of hydrogen-bond acceptors (Lipinski definition) is 2. The van der Waals surface area contributed by atoms with Gasteiger partial charge in [0.1, 0.15) is 0 Å². The Bertz CT molecular complexity index is 535. The molecule has 0 saturated heterocycles. The van der Waals surface area contributed by atoms with E-state index < -0.39 is 0 Å². The van der Waals surface area contributed by atoms with Crippen molar-refractivity contribution in [3.8, 4) is 0 Å². The van der Waals surface area contributed by atoms with E-state index in [9.17, 15) is 0 Å². The van der Waals surface area contributed by atoms with E-state index in [1.165, 1.54) is 17.4 Å². The van der Waals surface area contributed by atoms with Gasteiger partial charge in [0.25, 0.3) is 0 Å². The van der Waals surface area contributed by atoms with Crippen LogP contribution in [-0.2, 0) is 0 Å². The highest BCUT2D eigenvalue weighted by Crippen LogP contribution is 2.30. The quantitative estimate of drug-likeness (QED) is 0.881. The first-order chi connectivity index (χ1) is 9.01. The largest absolute Gasteiger partial charge is 0.313 e. The standard InChI is InChI=1S/C17H24N2/c1-17(2,3)11-9-15(18-4)14-10-12-19-16-8-6-5-7-13(14)16/h5-8,10,12,15,18H,9,11H2,1-4H3. The third kappa shape index (κ3) is 3.54. The first-order valence-corrected chi connectivity index (χ1v) is 7.02. The summed E-state index contributed by atoms with van der Waals surface area (Å²) in [6.07, 6.45) is 4.27. The van der Waals surface area contributed by atoms with E-state index in [-0.39, 0.29) is 0 Å². The van der Waals surface area contributed by atoms with Gasteiger partial charge in [-0.05, 0) is 43.0 Å². The van der Waals surface area contributed by atoms with Gasteiger partial charge in [0, 0.05) is 17.6 Å². The summed E-state index contributed by atoms with van der Waals surface area (Å²) in [5, 5.41) is 4.72. The first kappa shape index (κ1) is 14.0. The number of rotatable bonds is 4. The Labute approximate surface area is 116 Å². The smallest absolute Gasteiger partial charge is 0.0705 e. The molecule has 2 aromatic rings. The van der Waals surface area contributed by atoms with Gasteiger partial charge < -0.3 is 5.32 Å².